The minimum atomic E-state index is -4.16. The van der Waals surface area contributed by atoms with Crippen molar-refractivity contribution in [1.29, 1.82) is 0 Å². The van der Waals surface area contributed by atoms with Gasteiger partial charge in [0, 0.05) is 68.1 Å². The number of amides is 1. The molecule has 6 rings (SSSR count). The highest BCUT2D eigenvalue weighted by atomic mass is 32.2. The van der Waals surface area contributed by atoms with Crippen LogP contribution in [0.4, 0.5) is 4.39 Å². The molecule has 1 amide bonds. The van der Waals surface area contributed by atoms with E-state index in [4.69, 9.17) is 4.74 Å². The quantitative estimate of drug-likeness (QED) is 0.490. The van der Waals surface area contributed by atoms with E-state index in [1.54, 1.807) is 42.7 Å². The molecule has 11 heteroatoms. The topological polar surface area (TPSA) is 112 Å². The SMILES string of the molecule is O=C1NC2(CCOc3cc(-c4cccnc4)ccc3S(=O)(=O)N3C[C@H](O)C[C@@H]13)CCN(Cc1ccccc1F)CC2. The highest BCUT2D eigenvalue weighted by Gasteiger charge is 2.47. The summed E-state index contributed by atoms with van der Waals surface area (Å²) in [6, 6.07) is 14.3. The maximum Gasteiger partial charge on any atom is 0.247 e. The first-order chi connectivity index (χ1) is 19.7. The fourth-order valence-electron chi connectivity index (χ4n) is 6.11. The number of aliphatic hydroxyl groups excluding tert-OH is 1. The maximum absolute atomic E-state index is 14.3. The van der Waals surface area contributed by atoms with Gasteiger partial charge in [-0.3, -0.25) is 14.7 Å². The van der Waals surface area contributed by atoms with Crippen LogP contribution in [0.3, 0.4) is 0 Å². The summed E-state index contributed by atoms with van der Waals surface area (Å²) in [5, 5.41) is 13.6. The Morgan fingerprint density at radius 3 is 2.63 bits per heavy atom. The van der Waals surface area contributed by atoms with Gasteiger partial charge < -0.3 is 15.2 Å². The van der Waals surface area contributed by atoms with Crippen molar-refractivity contribution in [3.63, 3.8) is 0 Å². The van der Waals surface area contributed by atoms with Crippen LogP contribution in [0.1, 0.15) is 31.2 Å². The van der Waals surface area contributed by atoms with Gasteiger partial charge in [-0.2, -0.15) is 4.31 Å². The van der Waals surface area contributed by atoms with Crippen LogP contribution in [-0.4, -0.2) is 77.5 Å². The maximum atomic E-state index is 14.3. The summed E-state index contributed by atoms with van der Waals surface area (Å²) in [6.45, 7) is 1.75. The van der Waals surface area contributed by atoms with Crippen LogP contribution in [0.15, 0.2) is 71.9 Å². The zero-order valence-electron chi connectivity index (χ0n) is 22.6. The molecule has 216 valence electrons. The smallest absolute Gasteiger partial charge is 0.247 e. The predicted octanol–water partition coefficient (Wildman–Crippen LogP) is 2.95. The molecule has 0 saturated carbocycles. The lowest BCUT2D eigenvalue weighted by molar-refractivity contribution is -0.127. The number of likely N-dealkylation sites (tertiary alicyclic amines) is 1. The average Bonchev–Trinajstić information content (AvgIpc) is 3.38. The normalized spacial score (nSPS) is 24.5. The third kappa shape index (κ3) is 5.59. The minimum absolute atomic E-state index is 0.0184. The van der Waals surface area contributed by atoms with Crippen molar-refractivity contribution in [2.24, 2.45) is 0 Å². The molecule has 3 aliphatic heterocycles. The molecule has 1 spiro atoms. The van der Waals surface area contributed by atoms with Crippen LogP contribution in [0.25, 0.3) is 11.1 Å². The second-order valence-corrected chi connectivity index (χ2v) is 13.0. The van der Waals surface area contributed by atoms with Crippen molar-refractivity contribution in [1.82, 2.24) is 19.5 Å². The third-order valence-electron chi connectivity index (χ3n) is 8.45. The van der Waals surface area contributed by atoms with Crippen LogP contribution in [-0.2, 0) is 21.4 Å². The molecule has 2 atom stereocenters. The van der Waals surface area contributed by atoms with Crippen LogP contribution in [0.5, 0.6) is 5.75 Å². The Hall–Kier alpha value is -3.38. The zero-order chi connectivity index (χ0) is 28.6. The van der Waals surface area contributed by atoms with E-state index in [1.807, 2.05) is 12.1 Å². The van der Waals surface area contributed by atoms with Crippen LogP contribution < -0.4 is 10.1 Å². The van der Waals surface area contributed by atoms with Crippen molar-refractivity contribution >= 4 is 15.9 Å². The summed E-state index contributed by atoms with van der Waals surface area (Å²) in [5.41, 5.74) is 1.57. The van der Waals surface area contributed by atoms with E-state index >= 15 is 0 Å². The van der Waals surface area contributed by atoms with Gasteiger partial charge in [-0.1, -0.05) is 30.3 Å². The number of carbonyl (C=O) groups excluding carboxylic acids is 1. The Labute approximate surface area is 239 Å². The van der Waals surface area contributed by atoms with Crippen LogP contribution >= 0.6 is 0 Å². The van der Waals surface area contributed by atoms with Gasteiger partial charge in [0.25, 0.3) is 0 Å². The summed E-state index contributed by atoms with van der Waals surface area (Å²) in [7, 11) is -4.16. The summed E-state index contributed by atoms with van der Waals surface area (Å²) in [5.74, 6) is -0.453. The van der Waals surface area contributed by atoms with E-state index in [0.717, 1.165) is 15.4 Å². The van der Waals surface area contributed by atoms with E-state index in [2.05, 4.69) is 15.2 Å². The Kier molecular flexibility index (Phi) is 7.54. The van der Waals surface area contributed by atoms with Crippen LogP contribution in [0.2, 0.25) is 0 Å². The van der Waals surface area contributed by atoms with Gasteiger partial charge in [0.15, 0.2) is 0 Å². The molecule has 2 saturated heterocycles. The number of hydrogen-bond acceptors (Lipinski definition) is 7. The van der Waals surface area contributed by atoms with Crippen molar-refractivity contribution in [2.45, 2.75) is 54.8 Å². The summed E-state index contributed by atoms with van der Waals surface area (Å²) >= 11 is 0. The van der Waals surface area contributed by atoms with E-state index < -0.39 is 33.6 Å². The molecule has 0 bridgehead atoms. The summed E-state index contributed by atoms with van der Waals surface area (Å²) < 4.78 is 49.3. The van der Waals surface area contributed by atoms with Gasteiger partial charge in [0.05, 0.1) is 12.7 Å². The molecule has 1 aromatic heterocycles. The molecule has 3 aromatic rings. The number of aromatic nitrogens is 1. The fraction of sp³-hybridized carbons (Fsp3) is 0.400. The molecule has 2 N–H and O–H groups in total. The number of nitrogens with zero attached hydrogens (tertiary/aromatic N) is 3. The molecule has 0 aliphatic carbocycles. The average molecular weight is 581 g/mol. The highest BCUT2D eigenvalue weighted by Crippen LogP contribution is 2.37. The lowest BCUT2D eigenvalue weighted by Crippen LogP contribution is -2.59. The third-order valence-corrected chi connectivity index (χ3v) is 10.4. The van der Waals surface area contributed by atoms with Gasteiger partial charge in [-0.15, -0.1) is 0 Å². The lowest BCUT2D eigenvalue weighted by Gasteiger charge is -2.43. The summed E-state index contributed by atoms with van der Waals surface area (Å²) in [6.07, 6.45) is 4.09. The Morgan fingerprint density at radius 2 is 1.88 bits per heavy atom. The number of fused-ring (bicyclic) bond motifs is 2. The first-order valence-corrected chi connectivity index (χ1v) is 15.3. The minimum Gasteiger partial charge on any atom is -0.492 e. The van der Waals surface area contributed by atoms with E-state index in [-0.39, 0.29) is 36.0 Å². The summed E-state index contributed by atoms with van der Waals surface area (Å²) in [4.78, 5) is 20.0. The van der Waals surface area contributed by atoms with Gasteiger partial charge >= 0.3 is 0 Å². The molecule has 0 unspecified atom stereocenters. The number of halogens is 1. The molecule has 9 nitrogen and oxygen atoms in total. The second-order valence-electron chi connectivity index (χ2n) is 11.1. The van der Waals surface area contributed by atoms with E-state index in [0.29, 0.717) is 44.5 Å². The Balaban J connectivity index is 1.30. The molecule has 3 aliphatic rings. The highest BCUT2D eigenvalue weighted by molar-refractivity contribution is 7.89. The molecule has 2 fully saturated rings. The second kappa shape index (κ2) is 11.1. The van der Waals surface area contributed by atoms with E-state index in [9.17, 15) is 22.7 Å². The number of rotatable bonds is 3. The number of pyridine rings is 1. The standard InChI is InChI=1S/C30H33FN4O5S/c31-25-6-2-1-4-23(25)19-34-13-9-30(10-14-34)11-15-40-27-16-21(22-5-3-12-32-18-22)7-8-28(27)41(38,39)35-20-24(36)17-26(35)29(37)33-30/h1-8,12,16,18,24,26,36H,9-11,13-15,17,19-20H2,(H,33,37)/t24-,26+/m1/s1. The molecular weight excluding hydrogens is 547 g/mol. The molecule has 41 heavy (non-hydrogen) atoms. The number of hydrogen-bond donors (Lipinski definition) is 2. The number of carbonyl (C=O) groups is 1. The van der Waals surface area contributed by atoms with Crippen molar-refractivity contribution < 1.29 is 27.4 Å². The zero-order valence-corrected chi connectivity index (χ0v) is 23.4. The van der Waals surface area contributed by atoms with Crippen molar-refractivity contribution in [2.75, 3.05) is 26.2 Å². The first kappa shape index (κ1) is 27.8. The number of piperidine rings is 1. The molecule has 2 aromatic carbocycles. The van der Waals surface area contributed by atoms with E-state index in [1.165, 1.54) is 12.1 Å². The first-order valence-electron chi connectivity index (χ1n) is 13.9. The predicted molar refractivity (Wildman–Crippen MR) is 150 cm³/mol. The molecule has 0 radical (unpaired) electrons. The largest absolute Gasteiger partial charge is 0.492 e. The monoisotopic (exact) mass is 580 g/mol. The van der Waals surface area contributed by atoms with Crippen molar-refractivity contribution in [3.8, 4) is 16.9 Å². The molecular formula is C30H33FN4O5S. The number of ether oxygens (including phenoxy) is 1. The number of aliphatic hydroxyl groups is 1. The number of sulfonamides is 1. The van der Waals surface area contributed by atoms with Gasteiger partial charge in [0.1, 0.15) is 22.5 Å². The van der Waals surface area contributed by atoms with Gasteiger partial charge in [-0.05, 0) is 42.7 Å². The number of benzene rings is 2. The Bertz CT molecular complexity index is 1530. The van der Waals surface area contributed by atoms with Crippen LogP contribution in [0, 0.1) is 5.82 Å². The Morgan fingerprint density at radius 1 is 1.07 bits per heavy atom. The lowest BCUT2D eigenvalue weighted by atomic mass is 9.84. The van der Waals surface area contributed by atoms with Gasteiger partial charge in [0.2, 0.25) is 15.9 Å². The molecule has 4 heterocycles. The fourth-order valence-corrected chi connectivity index (χ4v) is 7.86. The van der Waals surface area contributed by atoms with Crippen molar-refractivity contribution in [3.05, 3.63) is 78.4 Å². The number of nitrogens with one attached hydrogen (secondary N) is 1. The van der Waals surface area contributed by atoms with Gasteiger partial charge in [-0.25, -0.2) is 12.8 Å².